The summed E-state index contributed by atoms with van der Waals surface area (Å²) in [7, 11) is 0. The van der Waals surface area contributed by atoms with Crippen molar-refractivity contribution in [1.82, 2.24) is 14.5 Å². The van der Waals surface area contributed by atoms with Crippen molar-refractivity contribution < 1.29 is 14.3 Å². The van der Waals surface area contributed by atoms with Crippen LogP contribution in [0.25, 0.3) is 0 Å². The van der Waals surface area contributed by atoms with E-state index in [0.29, 0.717) is 10.7 Å². The number of carbonyl (C=O) groups excluding carboxylic acids is 2. The molecule has 29 heavy (non-hydrogen) atoms. The van der Waals surface area contributed by atoms with Crippen LogP contribution in [0.3, 0.4) is 0 Å². The van der Waals surface area contributed by atoms with Crippen LogP contribution in [-0.2, 0) is 16.1 Å². The topological polar surface area (TPSA) is 74.1 Å². The molecule has 152 valence electrons. The largest absolute Gasteiger partial charge is 0.457 e. The van der Waals surface area contributed by atoms with Crippen LogP contribution in [0.15, 0.2) is 34.8 Å². The summed E-state index contributed by atoms with van der Waals surface area (Å²) in [6.07, 6.45) is 0. The molecule has 0 radical (unpaired) electrons. The van der Waals surface area contributed by atoms with Crippen molar-refractivity contribution in [1.29, 1.82) is 0 Å². The molecule has 6 nitrogen and oxygen atoms in total. The number of hydrogen-bond acceptors (Lipinski definition) is 7. The number of carbonyl (C=O) groups is 2. The van der Waals surface area contributed by atoms with Crippen molar-refractivity contribution in [3.63, 3.8) is 0 Å². The van der Waals surface area contributed by atoms with E-state index in [1.54, 1.807) is 11.3 Å². The van der Waals surface area contributed by atoms with Gasteiger partial charge in [0.2, 0.25) is 5.78 Å². The Morgan fingerprint density at radius 1 is 1.14 bits per heavy atom. The van der Waals surface area contributed by atoms with E-state index in [4.69, 9.17) is 4.74 Å². The summed E-state index contributed by atoms with van der Waals surface area (Å²) >= 11 is 2.89. The molecule has 0 saturated heterocycles. The van der Waals surface area contributed by atoms with E-state index in [9.17, 15) is 9.59 Å². The van der Waals surface area contributed by atoms with Crippen molar-refractivity contribution in [3.8, 4) is 0 Å². The molecule has 0 amide bonds. The summed E-state index contributed by atoms with van der Waals surface area (Å²) in [5.74, 6) is -0.594. The Bertz CT molecular complexity index is 1010. The number of hydrogen-bond donors (Lipinski definition) is 0. The van der Waals surface area contributed by atoms with E-state index in [2.05, 4.69) is 20.6 Å². The van der Waals surface area contributed by atoms with Gasteiger partial charge in [-0.1, -0.05) is 17.8 Å². The number of nitrogens with zero attached hydrogens (tertiary/aromatic N) is 3. The fraction of sp³-hybridized carbons (Fsp3) is 0.333. The quantitative estimate of drug-likeness (QED) is 0.232. The van der Waals surface area contributed by atoms with Crippen molar-refractivity contribution >= 4 is 34.9 Å². The Morgan fingerprint density at radius 2 is 1.86 bits per heavy atom. The van der Waals surface area contributed by atoms with Gasteiger partial charge in [-0.25, -0.2) is 9.97 Å². The lowest BCUT2D eigenvalue weighted by Crippen LogP contribution is -2.16. The number of aryl methyl sites for hydroxylation is 3. The second-order valence-corrected chi connectivity index (χ2v) is 8.73. The molecule has 8 heteroatoms. The van der Waals surface area contributed by atoms with Gasteiger partial charge in [-0.3, -0.25) is 9.59 Å². The number of aromatic nitrogens is 3. The molecule has 0 fully saturated rings. The molecule has 0 aliphatic heterocycles. The molecule has 0 bridgehead atoms. The van der Waals surface area contributed by atoms with E-state index in [1.807, 2.05) is 51.3 Å². The maximum Gasteiger partial charge on any atom is 0.316 e. The minimum atomic E-state index is -0.460. The molecule has 3 aromatic rings. The molecule has 3 rings (SSSR count). The number of esters is 1. The van der Waals surface area contributed by atoms with Gasteiger partial charge < -0.3 is 9.30 Å². The van der Waals surface area contributed by atoms with E-state index < -0.39 is 5.97 Å². The average molecular weight is 430 g/mol. The zero-order chi connectivity index (χ0) is 21.0. The van der Waals surface area contributed by atoms with Crippen LogP contribution < -0.4 is 0 Å². The third-order valence-electron chi connectivity index (χ3n) is 4.41. The van der Waals surface area contributed by atoms with Gasteiger partial charge >= 0.3 is 5.97 Å². The molecular weight excluding hydrogens is 406 g/mol. The maximum absolute atomic E-state index is 12.6. The van der Waals surface area contributed by atoms with Crippen LogP contribution in [0.4, 0.5) is 0 Å². The molecule has 3 heterocycles. The molecule has 0 saturated carbocycles. The number of thiophene rings is 1. The van der Waals surface area contributed by atoms with Crippen molar-refractivity contribution in [3.05, 3.63) is 62.9 Å². The van der Waals surface area contributed by atoms with Crippen LogP contribution in [0.2, 0.25) is 0 Å². The standard InChI is InChI=1S/C21H23N3O3S2/c1-13-8-14(2)23-21(22-13)29-12-20(26)27-11-19(25)18-9-15(3)24(16(18)4)10-17-6-5-7-28-17/h5-9H,10-12H2,1-4H3. The first-order valence-corrected chi connectivity index (χ1v) is 11.0. The second-order valence-electron chi connectivity index (χ2n) is 6.76. The normalized spacial score (nSPS) is 10.9. The molecule has 0 unspecified atom stereocenters. The average Bonchev–Trinajstić information content (AvgIpc) is 3.27. The molecule has 0 spiro atoms. The van der Waals surface area contributed by atoms with Crippen LogP contribution in [0.1, 0.15) is 38.0 Å². The number of ether oxygens (including phenoxy) is 1. The third kappa shape index (κ3) is 5.55. The summed E-state index contributed by atoms with van der Waals surface area (Å²) < 4.78 is 7.28. The van der Waals surface area contributed by atoms with Gasteiger partial charge in [-0.2, -0.15) is 0 Å². The Kier molecular flexibility index (Phi) is 6.87. The van der Waals surface area contributed by atoms with Gasteiger partial charge in [-0.15, -0.1) is 11.3 Å². The Labute approximate surface area is 178 Å². The minimum Gasteiger partial charge on any atom is -0.457 e. The molecule has 0 aliphatic carbocycles. The number of thioether (sulfide) groups is 1. The van der Waals surface area contributed by atoms with Crippen molar-refractivity contribution in [2.45, 2.75) is 39.4 Å². The third-order valence-corrected chi connectivity index (χ3v) is 6.10. The van der Waals surface area contributed by atoms with Gasteiger partial charge in [0.25, 0.3) is 0 Å². The van der Waals surface area contributed by atoms with Crippen LogP contribution in [0, 0.1) is 27.7 Å². The van der Waals surface area contributed by atoms with Crippen molar-refractivity contribution in [2.24, 2.45) is 0 Å². The van der Waals surface area contributed by atoms with Gasteiger partial charge in [-0.05, 0) is 51.3 Å². The van der Waals surface area contributed by atoms with Gasteiger partial charge in [0.1, 0.15) is 0 Å². The van der Waals surface area contributed by atoms with E-state index >= 15 is 0 Å². The van der Waals surface area contributed by atoms with Gasteiger partial charge in [0.05, 0.1) is 12.3 Å². The zero-order valence-electron chi connectivity index (χ0n) is 16.9. The van der Waals surface area contributed by atoms with Crippen LogP contribution in [-0.4, -0.2) is 38.6 Å². The van der Waals surface area contributed by atoms with Crippen LogP contribution in [0.5, 0.6) is 0 Å². The number of rotatable bonds is 8. The molecule has 3 aromatic heterocycles. The van der Waals surface area contributed by atoms with E-state index in [1.165, 1.54) is 16.6 Å². The molecule has 0 aliphatic rings. The summed E-state index contributed by atoms with van der Waals surface area (Å²) in [6, 6.07) is 7.82. The highest BCUT2D eigenvalue weighted by Gasteiger charge is 2.18. The summed E-state index contributed by atoms with van der Waals surface area (Å²) in [5, 5.41) is 2.57. The summed E-state index contributed by atoms with van der Waals surface area (Å²) in [5.41, 5.74) is 4.18. The first-order chi connectivity index (χ1) is 13.8. The lowest BCUT2D eigenvalue weighted by atomic mass is 10.1. The molecule has 0 aromatic carbocycles. The second kappa shape index (κ2) is 9.37. The smallest absolute Gasteiger partial charge is 0.316 e. The van der Waals surface area contributed by atoms with Gasteiger partial charge in [0.15, 0.2) is 11.8 Å². The minimum absolute atomic E-state index is 0.0631. The molecular formula is C21H23N3O3S2. The molecule has 0 N–H and O–H groups in total. The highest BCUT2D eigenvalue weighted by atomic mass is 32.2. The summed E-state index contributed by atoms with van der Waals surface area (Å²) in [4.78, 5) is 34.4. The van der Waals surface area contributed by atoms with E-state index in [-0.39, 0.29) is 18.1 Å². The predicted molar refractivity (Wildman–Crippen MR) is 115 cm³/mol. The zero-order valence-corrected chi connectivity index (χ0v) is 18.5. The Morgan fingerprint density at radius 3 is 2.52 bits per heavy atom. The SMILES string of the molecule is Cc1cc(C)nc(SCC(=O)OCC(=O)c2cc(C)n(Cc3cccs3)c2C)n1. The molecule has 0 atom stereocenters. The number of ketones is 1. The van der Waals surface area contributed by atoms with Gasteiger partial charge in [0, 0.05) is 33.2 Å². The Hall–Kier alpha value is -2.45. The van der Waals surface area contributed by atoms with E-state index in [0.717, 1.165) is 29.3 Å². The Balaban J connectivity index is 1.55. The monoisotopic (exact) mass is 429 g/mol. The van der Waals surface area contributed by atoms with Crippen molar-refractivity contribution in [2.75, 3.05) is 12.4 Å². The first kappa shape index (κ1) is 21.3. The predicted octanol–water partition coefficient (Wildman–Crippen LogP) is 4.14. The number of Topliss-reactive ketones (excluding diaryl/α,β-unsaturated/α-hetero) is 1. The van der Waals surface area contributed by atoms with Crippen LogP contribution >= 0.6 is 23.1 Å². The highest BCUT2D eigenvalue weighted by Crippen LogP contribution is 2.20. The lowest BCUT2D eigenvalue weighted by molar-refractivity contribution is -0.139. The fourth-order valence-electron chi connectivity index (χ4n) is 3.03. The highest BCUT2D eigenvalue weighted by molar-refractivity contribution is 7.99. The maximum atomic E-state index is 12.6. The fourth-order valence-corrected chi connectivity index (χ4v) is 4.47. The lowest BCUT2D eigenvalue weighted by Gasteiger charge is -2.08. The first-order valence-electron chi connectivity index (χ1n) is 9.16. The summed E-state index contributed by atoms with van der Waals surface area (Å²) in [6.45, 7) is 8.12.